The van der Waals surface area contributed by atoms with Crippen LogP contribution >= 0.6 is 0 Å². The number of ether oxygens (including phenoxy) is 3. The van der Waals surface area contributed by atoms with Crippen molar-refractivity contribution in [3.8, 4) is 11.6 Å². The van der Waals surface area contributed by atoms with Crippen LogP contribution in [0.2, 0.25) is 0 Å². The number of alkyl carbamates (subject to hydrolysis) is 1. The highest BCUT2D eigenvalue weighted by molar-refractivity contribution is 5.96. The monoisotopic (exact) mass is 630 g/mol. The van der Waals surface area contributed by atoms with Crippen molar-refractivity contribution in [3.63, 3.8) is 0 Å². The number of hydrogen-bond donors (Lipinski definition) is 3. The predicted octanol–water partition coefficient (Wildman–Crippen LogP) is 3.85. The van der Waals surface area contributed by atoms with Crippen molar-refractivity contribution in [3.05, 3.63) is 30.5 Å². The van der Waals surface area contributed by atoms with Gasteiger partial charge in [-0.3, -0.25) is 14.0 Å². The smallest absolute Gasteiger partial charge is 0.408 e. The number of fused-ring (bicyclic) bond motifs is 1. The Bertz CT molecular complexity index is 1450. The number of methoxy groups -OCH3 is 1. The fourth-order valence-corrected chi connectivity index (χ4v) is 5.70. The Kier molecular flexibility index (Phi) is 9.51. The third kappa shape index (κ3) is 7.56. The van der Waals surface area contributed by atoms with Crippen LogP contribution in [-0.4, -0.2) is 88.5 Å². The Labute approximate surface area is 262 Å². The lowest BCUT2D eigenvalue weighted by atomic mass is 9.85. The van der Waals surface area contributed by atoms with E-state index in [-0.39, 0.29) is 25.8 Å². The van der Waals surface area contributed by atoms with Crippen molar-refractivity contribution in [2.24, 2.45) is 11.3 Å². The minimum atomic E-state index is -1.61. The number of halogens is 1. The van der Waals surface area contributed by atoms with Crippen molar-refractivity contribution in [2.45, 2.75) is 90.1 Å². The van der Waals surface area contributed by atoms with Gasteiger partial charge < -0.3 is 34.9 Å². The fourth-order valence-electron chi connectivity index (χ4n) is 5.70. The van der Waals surface area contributed by atoms with Gasteiger partial charge in [0.15, 0.2) is 0 Å². The van der Waals surface area contributed by atoms with Gasteiger partial charge in [0.2, 0.25) is 17.7 Å². The zero-order valence-corrected chi connectivity index (χ0v) is 26.8. The zero-order valence-electron chi connectivity index (χ0n) is 26.8. The molecule has 5 atom stereocenters. The summed E-state index contributed by atoms with van der Waals surface area (Å²) in [6, 6.07) is 4.96. The lowest BCUT2D eigenvalue weighted by molar-refractivity contribution is -0.146. The van der Waals surface area contributed by atoms with Crippen LogP contribution in [0.15, 0.2) is 30.5 Å². The van der Waals surface area contributed by atoms with E-state index in [9.17, 15) is 28.7 Å². The molecule has 0 spiro atoms. The summed E-state index contributed by atoms with van der Waals surface area (Å²) in [5, 5.41) is 16.7. The molecule has 246 valence electrons. The number of carboxylic acids is 1. The quantitative estimate of drug-likeness (QED) is 0.355. The average molecular weight is 631 g/mol. The van der Waals surface area contributed by atoms with Crippen LogP contribution in [0.3, 0.4) is 0 Å². The van der Waals surface area contributed by atoms with Gasteiger partial charge in [-0.1, -0.05) is 20.8 Å². The molecule has 1 saturated carbocycles. The molecule has 45 heavy (non-hydrogen) atoms. The maximum absolute atomic E-state index is 14.2. The highest BCUT2D eigenvalue weighted by Gasteiger charge is 2.62. The van der Waals surface area contributed by atoms with Crippen LogP contribution in [0.5, 0.6) is 11.6 Å². The molecule has 1 aliphatic heterocycles. The molecule has 0 radical (unpaired) electrons. The van der Waals surface area contributed by atoms with Gasteiger partial charge in [0.05, 0.1) is 20.3 Å². The number of carbonyl (C=O) groups excluding carboxylic acids is 3. The molecule has 5 unspecified atom stereocenters. The molecule has 1 saturated heterocycles. The molecule has 13 heteroatoms. The predicted molar refractivity (Wildman–Crippen MR) is 163 cm³/mol. The van der Waals surface area contributed by atoms with Gasteiger partial charge in [0.25, 0.3) is 0 Å². The Morgan fingerprint density at radius 2 is 1.87 bits per heavy atom. The van der Waals surface area contributed by atoms with Crippen molar-refractivity contribution in [1.82, 2.24) is 20.5 Å². The topological polar surface area (TPSA) is 156 Å². The van der Waals surface area contributed by atoms with Crippen LogP contribution in [0, 0.1) is 11.3 Å². The molecule has 1 aromatic heterocycles. The molecular weight excluding hydrogens is 587 g/mol. The first-order valence-corrected chi connectivity index (χ1v) is 15.0. The summed E-state index contributed by atoms with van der Waals surface area (Å²) in [6.45, 7) is 9.66. The van der Waals surface area contributed by atoms with Gasteiger partial charge in [0.1, 0.15) is 35.1 Å². The number of aromatic nitrogens is 1. The molecule has 1 aromatic carbocycles. The molecule has 2 aliphatic rings. The standard InChI is InChI=1S/C32H43FN4O8/c1-30(2,3)24(35-29(42)45-31(4,5)6)27(39)37-17-21(44-26-22-9-8-20(43-7)14-18(22)11-13-34-26)15-23(37)25(38)36-32(28(40)41)16-19(32)10-12-33/h8-9,11,13-14,19,21,23-24H,10,12,15-17H2,1-7H3,(H,35,42)(H,36,38)(H,40,41). The molecule has 12 nitrogen and oxygen atoms in total. The number of nitrogens with one attached hydrogen (secondary N) is 2. The maximum Gasteiger partial charge on any atom is 0.408 e. The van der Waals surface area contributed by atoms with E-state index in [2.05, 4.69) is 15.6 Å². The number of alkyl halides is 1. The Morgan fingerprint density at radius 1 is 1.16 bits per heavy atom. The van der Waals surface area contributed by atoms with Crippen LogP contribution in [0.4, 0.5) is 9.18 Å². The number of aliphatic carboxylic acids is 1. The van der Waals surface area contributed by atoms with Gasteiger partial charge in [-0.05, 0) is 74.6 Å². The molecule has 3 N–H and O–H groups in total. The molecule has 4 rings (SSSR count). The molecule has 2 aromatic rings. The first kappa shape index (κ1) is 33.7. The SMILES string of the molecule is COc1ccc2c(OC3CC(C(=O)NC4(C(=O)O)CC4CCF)N(C(=O)C(NC(=O)OC(C)(C)C)C(C)(C)C)C3)nccc2c1. The molecule has 2 fully saturated rings. The molecule has 0 bridgehead atoms. The summed E-state index contributed by atoms with van der Waals surface area (Å²) in [5.74, 6) is -2.13. The maximum atomic E-state index is 14.2. The zero-order chi connectivity index (χ0) is 33.3. The van der Waals surface area contributed by atoms with E-state index in [0.29, 0.717) is 17.0 Å². The fraction of sp³-hybridized carbons (Fsp3) is 0.594. The Morgan fingerprint density at radius 3 is 2.47 bits per heavy atom. The van der Waals surface area contributed by atoms with E-state index >= 15 is 0 Å². The Hall–Kier alpha value is -4.16. The molecule has 2 heterocycles. The van der Waals surface area contributed by atoms with E-state index in [0.717, 1.165) is 5.39 Å². The number of nitrogens with zero attached hydrogens (tertiary/aromatic N) is 2. The summed E-state index contributed by atoms with van der Waals surface area (Å²) in [6.07, 6.45) is 0.194. The second kappa shape index (κ2) is 12.7. The summed E-state index contributed by atoms with van der Waals surface area (Å²) in [5.41, 5.74) is -3.22. The number of hydrogen-bond acceptors (Lipinski definition) is 8. The highest BCUT2D eigenvalue weighted by Crippen LogP contribution is 2.46. The van der Waals surface area contributed by atoms with Gasteiger partial charge in [-0.15, -0.1) is 0 Å². The number of benzene rings is 1. The lowest BCUT2D eigenvalue weighted by Gasteiger charge is -2.35. The van der Waals surface area contributed by atoms with Crippen LogP contribution in [0.1, 0.15) is 60.8 Å². The van der Waals surface area contributed by atoms with Crippen molar-refractivity contribution < 1.29 is 42.9 Å². The molecule has 1 aliphatic carbocycles. The number of rotatable bonds is 10. The van der Waals surface area contributed by atoms with Gasteiger partial charge in [0, 0.05) is 18.0 Å². The largest absolute Gasteiger partial charge is 0.497 e. The minimum absolute atomic E-state index is 0.00489. The average Bonchev–Trinajstić information content (AvgIpc) is 3.46. The van der Waals surface area contributed by atoms with Crippen LogP contribution < -0.4 is 20.1 Å². The second-order valence-corrected chi connectivity index (χ2v) is 13.8. The Balaban J connectivity index is 1.64. The summed E-state index contributed by atoms with van der Waals surface area (Å²) < 4.78 is 30.1. The van der Waals surface area contributed by atoms with Crippen molar-refractivity contribution in [1.29, 1.82) is 0 Å². The molecular formula is C32H43FN4O8. The van der Waals surface area contributed by atoms with Gasteiger partial charge >= 0.3 is 12.1 Å². The van der Waals surface area contributed by atoms with E-state index < -0.39 is 71.2 Å². The summed E-state index contributed by atoms with van der Waals surface area (Å²) >= 11 is 0. The normalized spacial score (nSPS) is 23.6. The molecule has 3 amide bonds. The van der Waals surface area contributed by atoms with Crippen LogP contribution in [-0.2, 0) is 19.1 Å². The van der Waals surface area contributed by atoms with E-state index in [1.807, 2.05) is 6.07 Å². The highest BCUT2D eigenvalue weighted by atomic mass is 19.1. The third-order valence-electron chi connectivity index (χ3n) is 8.13. The second-order valence-electron chi connectivity index (χ2n) is 13.8. The van der Waals surface area contributed by atoms with Crippen molar-refractivity contribution in [2.75, 3.05) is 20.3 Å². The summed E-state index contributed by atoms with van der Waals surface area (Å²) in [4.78, 5) is 58.6. The lowest BCUT2D eigenvalue weighted by Crippen LogP contribution is -2.59. The van der Waals surface area contributed by atoms with Gasteiger partial charge in [-0.2, -0.15) is 0 Å². The van der Waals surface area contributed by atoms with Crippen LogP contribution in [0.25, 0.3) is 10.8 Å². The van der Waals surface area contributed by atoms with Gasteiger partial charge in [-0.25, -0.2) is 14.6 Å². The van der Waals surface area contributed by atoms with Crippen molar-refractivity contribution >= 4 is 34.6 Å². The number of amides is 3. The third-order valence-corrected chi connectivity index (χ3v) is 8.13. The number of pyridine rings is 1. The first-order valence-electron chi connectivity index (χ1n) is 15.0. The first-order chi connectivity index (χ1) is 21.0. The van der Waals surface area contributed by atoms with E-state index in [1.54, 1.807) is 73.0 Å². The van der Waals surface area contributed by atoms with E-state index in [4.69, 9.17) is 14.2 Å². The van der Waals surface area contributed by atoms with E-state index in [1.165, 1.54) is 4.90 Å². The summed E-state index contributed by atoms with van der Waals surface area (Å²) in [7, 11) is 1.56. The number of carbonyl (C=O) groups is 4. The number of likely N-dealkylation sites (tertiary alicyclic amines) is 1. The number of carboxylic acid groups (broad SMARTS) is 1. The minimum Gasteiger partial charge on any atom is -0.497 e.